The fourth-order valence-electron chi connectivity index (χ4n) is 1.41. The lowest BCUT2D eigenvalue weighted by Crippen LogP contribution is -2.18. The number of hydrogen-bond acceptors (Lipinski definition) is 2. The Hall–Kier alpha value is -1.04. The maximum absolute atomic E-state index is 12.0. The van der Waals surface area contributed by atoms with Crippen molar-refractivity contribution < 1.29 is 22.7 Å². The lowest BCUT2D eigenvalue weighted by atomic mass is 10.1. The smallest absolute Gasteiger partial charge is 0.406 e. The van der Waals surface area contributed by atoms with Crippen LogP contribution in [-0.4, -0.2) is 17.0 Å². The van der Waals surface area contributed by atoms with Gasteiger partial charge in [-0.2, -0.15) is 0 Å². The zero-order valence-corrected chi connectivity index (χ0v) is 11.2. The molecule has 1 aromatic carbocycles. The predicted molar refractivity (Wildman–Crippen MR) is 65.1 cm³/mol. The first kappa shape index (κ1) is 15.0. The first-order valence-electron chi connectivity index (χ1n) is 5.37. The highest BCUT2D eigenvalue weighted by atomic mass is 79.9. The van der Waals surface area contributed by atoms with Gasteiger partial charge >= 0.3 is 6.36 Å². The molecule has 1 unspecified atom stereocenters. The molecular formula is C12H12BrF3O2. The van der Waals surface area contributed by atoms with Crippen molar-refractivity contribution in [3.63, 3.8) is 0 Å². The first-order valence-corrected chi connectivity index (χ1v) is 6.29. The Morgan fingerprint density at radius 3 is 2.67 bits per heavy atom. The van der Waals surface area contributed by atoms with Crippen LogP contribution in [0.1, 0.15) is 30.1 Å². The van der Waals surface area contributed by atoms with Crippen LogP contribution >= 0.6 is 15.9 Å². The number of ketones is 1. The maximum Gasteiger partial charge on any atom is 0.573 e. The maximum atomic E-state index is 12.0. The van der Waals surface area contributed by atoms with E-state index in [0.717, 1.165) is 18.6 Å². The second kappa shape index (κ2) is 6.22. The van der Waals surface area contributed by atoms with E-state index in [1.54, 1.807) is 0 Å². The van der Waals surface area contributed by atoms with E-state index in [1.165, 1.54) is 12.1 Å². The van der Waals surface area contributed by atoms with Crippen molar-refractivity contribution in [2.45, 2.75) is 31.0 Å². The second-order valence-corrected chi connectivity index (χ2v) is 4.80. The van der Waals surface area contributed by atoms with Crippen molar-refractivity contribution in [3.8, 4) is 5.75 Å². The molecule has 0 fully saturated rings. The highest BCUT2D eigenvalue weighted by Crippen LogP contribution is 2.24. The van der Waals surface area contributed by atoms with Gasteiger partial charge < -0.3 is 4.74 Å². The van der Waals surface area contributed by atoms with Crippen molar-refractivity contribution in [3.05, 3.63) is 29.8 Å². The molecule has 0 heterocycles. The van der Waals surface area contributed by atoms with Gasteiger partial charge in [-0.25, -0.2) is 0 Å². The van der Waals surface area contributed by atoms with E-state index in [-0.39, 0.29) is 21.9 Å². The molecule has 100 valence electrons. The molecule has 0 saturated heterocycles. The monoisotopic (exact) mass is 324 g/mol. The minimum atomic E-state index is -4.75. The van der Waals surface area contributed by atoms with Crippen LogP contribution in [-0.2, 0) is 0 Å². The molecule has 0 amide bonds. The van der Waals surface area contributed by atoms with E-state index >= 15 is 0 Å². The largest absolute Gasteiger partial charge is 0.573 e. The molecular weight excluding hydrogens is 313 g/mol. The average molecular weight is 325 g/mol. The minimum Gasteiger partial charge on any atom is -0.406 e. The molecule has 0 radical (unpaired) electrons. The van der Waals surface area contributed by atoms with E-state index in [4.69, 9.17) is 0 Å². The van der Waals surface area contributed by atoms with Crippen LogP contribution in [0.15, 0.2) is 24.3 Å². The SMILES string of the molecule is CCCC(Br)C(=O)c1cccc(OC(F)(F)F)c1. The molecule has 0 saturated carbocycles. The van der Waals surface area contributed by atoms with Gasteiger partial charge in [-0.05, 0) is 18.6 Å². The molecule has 0 aliphatic heterocycles. The van der Waals surface area contributed by atoms with E-state index in [2.05, 4.69) is 20.7 Å². The third-order valence-corrected chi connectivity index (χ3v) is 3.05. The summed E-state index contributed by atoms with van der Waals surface area (Å²) in [5.41, 5.74) is 0.201. The number of alkyl halides is 4. The summed E-state index contributed by atoms with van der Waals surface area (Å²) < 4.78 is 39.9. The van der Waals surface area contributed by atoms with Crippen molar-refractivity contribution in [2.24, 2.45) is 0 Å². The van der Waals surface area contributed by atoms with Crippen LogP contribution in [0.3, 0.4) is 0 Å². The number of carbonyl (C=O) groups excluding carboxylic acids is 1. The number of hydrogen-bond donors (Lipinski definition) is 0. The normalized spacial score (nSPS) is 13.2. The molecule has 0 aliphatic carbocycles. The van der Waals surface area contributed by atoms with Gasteiger partial charge in [0.2, 0.25) is 0 Å². The Balaban J connectivity index is 2.85. The van der Waals surface area contributed by atoms with Gasteiger partial charge in [-0.1, -0.05) is 41.4 Å². The average Bonchev–Trinajstić information content (AvgIpc) is 2.26. The predicted octanol–water partition coefficient (Wildman–Crippen LogP) is 4.33. The molecule has 18 heavy (non-hydrogen) atoms. The number of halogens is 4. The summed E-state index contributed by atoms with van der Waals surface area (Å²) in [4.78, 5) is 11.5. The van der Waals surface area contributed by atoms with Crippen LogP contribution in [0.4, 0.5) is 13.2 Å². The molecule has 2 nitrogen and oxygen atoms in total. The van der Waals surface area contributed by atoms with E-state index in [0.29, 0.717) is 6.42 Å². The highest BCUT2D eigenvalue weighted by Gasteiger charge is 2.31. The number of benzene rings is 1. The summed E-state index contributed by atoms with van der Waals surface area (Å²) in [6, 6.07) is 5.09. The summed E-state index contributed by atoms with van der Waals surface area (Å²) in [6.07, 6.45) is -3.32. The standard InChI is InChI=1S/C12H12BrF3O2/c1-2-4-10(13)11(17)8-5-3-6-9(7-8)18-12(14,15)16/h3,5-7,10H,2,4H2,1H3. The number of ether oxygens (including phenoxy) is 1. The highest BCUT2D eigenvalue weighted by molar-refractivity contribution is 9.10. The molecule has 0 aliphatic rings. The Labute approximate surface area is 111 Å². The first-order chi connectivity index (χ1) is 8.33. The topological polar surface area (TPSA) is 26.3 Å². The summed E-state index contributed by atoms with van der Waals surface area (Å²) in [6.45, 7) is 1.92. The molecule has 0 spiro atoms. The molecule has 0 bridgehead atoms. The zero-order chi connectivity index (χ0) is 13.8. The van der Waals surface area contributed by atoms with Crippen LogP contribution in [0.2, 0.25) is 0 Å². The molecule has 6 heteroatoms. The van der Waals surface area contributed by atoms with Crippen LogP contribution in [0, 0.1) is 0 Å². The van der Waals surface area contributed by atoms with E-state index < -0.39 is 6.36 Å². The van der Waals surface area contributed by atoms with Gasteiger partial charge in [-0.15, -0.1) is 13.2 Å². The number of Topliss-reactive ketones (excluding diaryl/α,β-unsaturated/α-hetero) is 1. The lowest BCUT2D eigenvalue weighted by molar-refractivity contribution is -0.274. The summed E-state index contributed by atoms with van der Waals surface area (Å²) in [5, 5.41) is 0. The van der Waals surface area contributed by atoms with Crippen molar-refractivity contribution in [2.75, 3.05) is 0 Å². The molecule has 1 aromatic rings. The zero-order valence-electron chi connectivity index (χ0n) is 9.63. The summed E-state index contributed by atoms with van der Waals surface area (Å²) >= 11 is 3.21. The number of carbonyl (C=O) groups is 1. The fourth-order valence-corrected chi connectivity index (χ4v) is 2.13. The fraction of sp³-hybridized carbons (Fsp3) is 0.417. The molecule has 1 rings (SSSR count). The third kappa shape index (κ3) is 4.68. The van der Waals surface area contributed by atoms with Gasteiger partial charge in [0.05, 0.1) is 4.83 Å². The minimum absolute atomic E-state index is 0.201. The van der Waals surface area contributed by atoms with E-state index in [1.807, 2.05) is 6.92 Å². The van der Waals surface area contributed by atoms with Gasteiger partial charge in [0.1, 0.15) is 5.75 Å². The molecule has 0 aromatic heterocycles. The number of rotatable bonds is 5. The van der Waals surface area contributed by atoms with Gasteiger partial charge in [-0.3, -0.25) is 4.79 Å². The quantitative estimate of drug-likeness (QED) is 0.595. The Kier molecular flexibility index (Phi) is 5.19. The lowest BCUT2D eigenvalue weighted by Gasteiger charge is -2.11. The van der Waals surface area contributed by atoms with Crippen molar-refractivity contribution in [1.29, 1.82) is 0 Å². The van der Waals surface area contributed by atoms with Crippen molar-refractivity contribution >= 4 is 21.7 Å². The van der Waals surface area contributed by atoms with Gasteiger partial charge in [0.15, 0.2) is 5.78 Å². The molecule has 1 atom stereocenters. The van der Waals surface area contributed by atoms with E-state index in [9.17, 15) is 18.0 Å². The third-order valence-electron chi connectivity index (χ3n) is 2.18. The van der Waals surface area contributed by atoms with Crippen molar-refractivity contribution in [1.82, 2.24) is 0 Å². The van der Waals surface area contributed by atoms with Crippen LogP contribution in [0.25, 0.3) is 0 Å². The second-order valence-electron chi connectivity index (χ2n) is 3.70. The summed E-state index contributed by atoms with van der Waals surface area (Å²) in [7, 11) is 0. The Morgan fingerprint density at radius 1 is 1.44 bits per heavy atom. The summed E-state index contributed by atoms with van der Waals surface area (Å²) in [5.74, 6) is -0.631. The molecule has 0 N–H and O–H groups in total. The van der Waals surface area contributed by atoms with Gasteiger partial charge in [0.25, 0.3) is 0 Å². The Morgan fingerprint density at radius 2 is 2.11 bits per heavy atom. The Bertz CT molecular complexity index is 418. The van der Waals surface area contributed by atoms with Crippen LogP contribution < -0.4 is 4.74 Å². The van der Waals surface area contributed by atoms with Gasteiger partial charge in [0, 0.05) is 5.56 Å². The van der Waals surface area contributed by atoms with Crippen LogP contribution in [0.5, 0.6) is 5.75 Å².